The maximum atomic E-state index is 12.7. The average Bonchev–Trinajstić information content (AvgIpc) is 2.91. The van der Waals surface area contributed by atoms with E-state index in [0.717, 1.165) is 18.4 Å². The van der Waals surface area contributed by atoms with Crippen molar-refractivity contribution in [1.29, 1.82) is 0 Å². The number of carbonyl (C=O) groups excluding carboxylic acids is 1. The molecule has 1 fully saturated rings. The molecule has 0 aromatic carbocycles. The molecule has 2 aromatic rings. The number of pyridine rings is 1. The molecule has 1 aliphatic heterocycles. The fourth-order valence-electron chi connectivity index (χ4n) is 4.23. The number of nitrogens with one attached hydrogen (secondary N) is 2. The number of aromatic nitrogens is 3. The van der Waals surface area contributed by atoms with E-state index in [1.165, 1.54) is 32.1 Å². The second-order valence-corrected chi connectivity index (χ2v) is 7.16. The molecule has 2 N–H and O–H groups in total. The Morgan fingerprint density at radius 2 is 1.68 bits per heavy atom. The lowest BCUT2D eigenvalue weighted by Crippen LogP contribution is -2.27. The van der Waals surface area contributed by atoms with E-state index in [0.29, 0.717) is 17.8 Å². The van der Waals surface area contributed by atoms with Crippen LogP contribution in [0.3, 0.4) is 0 Å². The number of amides is 1. The number of H-pyrrole nitrogens is 1. The summed E-state index contributed by atoms with van der Waals surface area (Å²) in [5.74, 6) is 0.437. The number of rotatable bonds is 2. The Kier molecular flexibility index (Phi) is 4.42. The molecule has 0 spiro atoms. The van der Waals surface area contributed by atoms with E-state index in [1.807, 2.05) is 16.8 Å². The zero-order valence-electron chi connectivity index (χ0n) is 14.3. The lowest BCUT2D eigenvalue weighted by molar-refractivity contribution is -0.116. The van der Waals surface area contributed by atoms with Crippen molar-refractivity contribution in [3.63, 3.8) is 0 Å². The van der Waals surface area contributed by atoms with Gasteiger partial charge in [-0.3, -0.25) is 24.4 Å². The highest BCUT2D eigenvalue weighted by Gasteiger charge is 2.34. The first-order chi connectivity index (χ1) is 12.2. The lowest BCUT2D eigenvalue weighted by Gasteiger charge is -2.27. The molecular weight excluding hydrogens is 316 g/mol. The highest BCUT2D eigenvalue weighted by Crippen LogP contribution is 2.37. The third kappa shape index (κ3) is 3.13. The fourth-order valence-corrected chi connectivity index (χ4v) is 4.23. The van der Waals surface area contributed by atoms with Crippen molar-refractivity contribution in [2.75, 3.05) is 5.32 Å². The Labute approximate surface area is 146 Å². The maximum absolute atomic E-state index is 12.7. The SMILES string of the molecule is O=C1C[C@H](c2ccncc2)c2c(n(C3CCCCCCC3)[nH]c2=O)N1. The summed E-state index contributed by atoms with van der Waals surface area (Å²) in [4.78, 5) is 29.1. The first kappa shape index (κ1) is 16.1. The van der Waals surface area contributed by atoms with Crippen molar-refractivity contribution in [2.24, 2.45) is 0 Å². The molecule has 6 nitrogen and oxygen atoms in total. The van der Waals surface area contributed by atoms with Crippen molar-refractivity contribution in [2.45, 2.75) is 63.3 Å². The minimum atomic E-state index is -0.203. The summed E-state index contributed by atoms with van der Waals surface area (Å²) in [6, 6.07) is 4.03. The number of aromatic amines is 1. The van der Waals surface area contributed by atoms with Gasteiger partial charge in [0.1, 0.15) is 5.82 Å². The Balaban J connectivity index is 1.75. The molecule has 2 aliphatic rings. The molecule has 0 bridgehead atoms. The van der Waals surface area contributed by atoms with Crippen LogP contribution in [0.4, 0.5) is 5.82 Å². The molecule has 0 radical (unpaired) electrons. The van der Waals surface area contributed by atoms with Gasteiger partial charge in [0.05, 0.1) is 11.6 Å². The Morgan fingerprint density at radius 3 is 2.40 bits per heavy atom. The number of carbonyl (C=O) groups is 1. The average molecular weight is 340 g/mol. The quantitative estimate of drug-likeness (QED) is 0.880. The molecule has 132 valence electrons. The zero-order chi connectivity index (χ0) is 17.2. The third-order valence-electron chi connectivity index (χ3n) is 5.51. The number of anilines is 1. The first-order valence-electron chi connectivity index (χ1n) is 9.28. The van der Waals surface area contributed by atoms with Crippen LogP contribution in [0.2, 0.25) is 0 Å². The van der Waals surface area contributed by atoms with Gasteiger partial charge in [0.25, 0.3) is 5.56 Å². The molecule has 0 saturated heterocycles. The van der Waals surface area contributed by atoms with E-state index in [4.69, 9.17) is 0 Å². The monoisotopic (exact) mass is 340 g/mol. The number of hydrogen-bond donors (Lipinski definition) is 2. The largest absolute Gasteiger partial charge is 0.311 e. The summed E-state index contributed by atoms with van der Waals surface area (Å²) in [6.45, 7) is 0. The Hall–Kier alpha value is -2.37. The van der Waals surface area contributed by atoms with Gasteiger partial charge in [0, 0.05) is 24.7 Å². The van der Waals surface area contributed by atoms with Crippen LogP contribution in [0.1, 0.15) is 74.5 Å². The smallest absolute Gasteiger partial charge is 0.270 e. The Morgan fingerprint density at radius 1 is 1.00 bits per heavy atom. The van der Waals surface area contributed by atoms with Gasteiger partial charge >= 0.3 is 0 Å². The van der Waals surface area contributed by atoms with E-state index in [1.54, 1.807) is 12.4 Å². The fraction of sp³-hybridized carbons (Fsp3) is 0.526. The van der Waals surface area contributed by atoms with Crippen LogP contribution >= 0.6 is 0 Å². The molecule has 4 rings (SSSR count). The molecule has 3 heterocycles. The van der Waals surface area contributed by atoms with Gasteiger partial charge in [0.15, 0.2) is 0 Å². The van der Waals surface area contributed by atoms with E-state index < -0.39 is 0 Å². The molecule has 6 heteroatoms. The molecule has 0 unspecified atom stereocenters. The predicted octanol–water partition coefficient (Wildman–Crippen LogP) is 3.33. The van der Waals surface area contributed by atoms with Gasteiger partial charge in [-0.05, 0) is 30.5 Å². The van der Waals surface area contributed by atoms with Crippen molar-refractivity contribution in [3.05, 3.63) is 46.0 Å². The van der Waals surface area contributed by atoms with Crippen molar-refractivity contribution >= 4 is 11.7 Å². The zero-order valence-corrected chi connectivity index (χ0v) is 14.3. The number of hydrogen-bond acceptors (Lipinski definition) is 3. The summed E-state index contributed by atoms with van der Waals surface area (Å²) in [5, 5.41) is 5.98. The highest BCUT2D eigenvalue weighted by atomic mass is 16.2. The molecule has 1 atom stereocenters. The van der Waals surface area contributed by atoms with E-state index in [9.17, 15) is 9.59 Å². The summed E-state index contributed by atoms with van der Waals surface area (Å²) in [7, 11) is 0. The van der Waals surface area contributed by atoms with Crippen molar-refractivity contribution < 1.29 is 4.79 Å². The highest BCUT2D eigenvalue weighted by molar-refractivity contribution is 5.94. The van der Waals surface area contributed by atoms with Crippen LogP contribution in [0.25, 0.3) is 0 Å². The number of nitrogens with zero attached hydrogens (tertiary/aromatic N) is 2. The van der Waals surface area contributed by atoms with Gasteiger partial charge in [-0.25, -0.2) is 0 Å². The van der Waals surface area contributed by atoms with Crippen molar-refractivity contribution in [1.82, 2.24) is 14.8 Å². The second kappa shape index (κ2) is 6.86. The Bertz CT molecular complexity index is 801. The molecular formula is C19H24N4O2. The molecule has 1 saturated carbocycles. The van der Waals surface area contributed by atoms with Gasteiger partial charge in [-0.2, -0.15) is 0 Å². The van der Waals surface area contributed by atoms with Crippen LogP contribution in [0, 0.1) is 0 Å². The molecule has 25 heavy (non-hydrogen) atoms. The minimum Gasteiger partial charge on any atom is -0.311 e. The van der Waals surface area contributed by atoms with Gasteiger partial charge < -0.3 is 5.32 Å². The summed E-state index contributed by atoms with van der Waals surface area (Å²) >= 11 is 0. The molecule has 1 aliphatic carbocycles. The van der Waals surface area contributed by atoms with E-state index in [-0.39, 0.29) is 23.4 Å². The molecule has 2 aromatic heterocycles. The molecule has 1 amide bonds. The minimum absolute atomic E-state index is 0.0343. The van der Waals surface area contributed by atoms with Gasteiger partial charge in [-0.1, -0.05) is 32.1 Å². The van der Waals surface area contributed by atoms with Crippen LogP contribution in [-0.4, -0.2) is 20.7 Å². The first-order valence-corrected chi connectivity index (χ1v) is 9.28. The summed E-state index contributed by atoms with van der Waals surface area (Å²) in [6.07, 6.45) is 11.9. The van der Waals surface area contributed by atoms with Gasteiger partial charge in [-0.15, -0.1) is 0 Å². The van der Waals surface area contributed by atoms with Crippen molar-refractivity contribution in [3.8, 4) is 0 Å². The lowest BCUT2D eigenvalue weighted by atomic mass is 9.87. The van der Waals surface area contributed by atoms with Crippen LogP contribution < -0.4 is 10.9 Å². The van der Waals surface area contributed by atoms with E-state index in [2.05, 4.69) is 15.4 Å². The number of fused-ring (bicyclic) bond motifs is 1. The standard InChI is InChI=1S/C19H24N4O2/c24-16-12-15(13-8-10-20-11-9-13)17-18(21-16)23(22-19(17)25)14-6-4-2-1-3-5-7-14/h8-11,14-15H,1-7,12H2,(H,21,24)(H,22,25)/t15-/m1/s1. The van der Waals surface area contributed by atoms with Gasteiger partial charge in [0.2, 0.25) is 5.91 Å². The normalized spacial score (nSPS) is 21.9. The summed E-state index contributed by atoms with van der Waals surface area (Å²) < 4.78 is 1.94. The maximum Gasteiger partial charge on any atom is 0.270 e. The predicted molar refractivity (Wildman–Crippen MR) is 95.7 cm³/mol. The topological polar surface area (TPSA) is 79.8 Å². The van der Waals surface area contributed by atoms with Crippen LogP contribution in [0.15, 0.2) is 29.3 Å². The van der Waals surface area contributed by atoms with Crippen LogP contribution in [0.5, 0.6) is 0 Å². The van der Waals surface area contributed by atoms with E-state index >= 15 is 0 Å². The summed E-state index contributed by atoms with van der Waals surface area (Å²) in [5.41, 5.74) is 1.57. The third-order valence-corrected chi connectivity index (χ3v) is 5.51. The van der Waals surface area contributed by atoms with Crippen LogP contribution in [-0.2, 0) is 4.79 Å². The second-order valence-electron chi connectivity index (χ2n) is 7.16.